The molecule has 0 atom stereocenters. The van der Waals surface area contributed by atoms with Crippen LogP contribution in [0.1, 0.15) is 31.4 Å². The molecule has 0 fully saturated rings. The number of para-hydroxylation sites is 2. The summed E-state index contributed by atoms with van der Waals surface area (Å²) in [5, 5.41) is 14.0. The number of benzene rings is 2. The first-order valence-electron chi connectivity index (χ1n) is 9.78. The minimum absolute atomic E-state index is 0.575. The highest BCUT2D eigenvalue weighted by Crippen LogP contribution is 2.20. The lowest BCUT2D eigenvalue weighted by Gasteiger charge is -2.00. The Bertz CT molecular complexity index is 715. The number of aliphatic imine (C=N–C) groups is 2. The van der Waals surface area contributed by atoms with Crippen molar-refractivity contribution in [1.82, 2.24) is 0 Å². The second kappa shape index (κ2) is 25.1. The van der Waals surface area contributed by atoms with E-state index in [4.69, 9.17) is 21.7 Å². The molecular weight excluding hydrogens is 388 g/mol. The molecule has 0 bridgehead atoms. The first-order valence-corrected chi connectivity index (χ1v) is 9.78. The zero-order valence-corrected chi connectivity index (χ0v) is 19.5. The number of aliphatic hydroxyl groups is 2. The lowest BCUT2D eigenvalue weighted by Crippen LogP contribution is -1.99. The van der Waals surface area contributed by atoms with Crippen molar-refractivity contribution in [2.24, 2.45) is 21.5 Å². The molecule has 2 rings (SSSR count). The van der Waals surface area contributed by atoms with Crippen LogP contribution >= 0.6 is 0 Å². The molecule has 6 nitrogen and oxygen atoms in total. The van der Waals surface area contributed by atoms with Crippen LogP contribution in [0.5, 0.6) is 0 Å². The highest BCUT2D eigenvalue weighted by Gasteiger charge is 1.95. The summed E-state index contributed by atoms with van der Waals surface area (Å²) < 4.78 is 0. The molecule has 0 heterocycles. The van der Waals surface area contributed by atoms with Crippen LogP contribution in [0.4, 0.5) is 11.4 Å². The van der Waals surface area contributed by atoms with Crippen molar-refractivity contribution in [1.29, 1.82) is 0 Å². The molecule has 6 heteroatoms. The van der Waals surface area contributed by atoms with E-state index in [0.29, 0.717) is 6.54 Å². The summed E-state index contributed by atoms with van der Waals surface area (Å²) >= 11 is 0. The predicted molar refractivity (Wildman–Crippen MR) is 140 cm³/mol. The van der Waals surface area contributed by atoms with Crippen molar-refractivity contribution in [2.75, 3.05) is 27.3 Å². The zero-order valence-electron chi connectivity index (χ0n) is 19.5. The lowest BCUT2D eigenvalue weighted by molar-refractivity contribution is 0.399. The summed E-state index contributed by atoms with van der Waals surface area (Å²) in [5.74, 6) is 0. The van der Waals surface area contributed by atoms with Crippen LogP contribution in [0.15, 0.2) is 70.7 Å². The maximum atomic E-state index is 7.00. The van der Waals surface area contributed by atoms with E-state index < -0.39 is 0 Å². The van der Waals surface area contributed by atoms with Gasteiger partial charge in [-0.3, -0.25) is 9.98 Å². The monoisotopic (exact) mass is 428 g/mol. The Balaban J connectivity index is -0.000000386. The maximum Gasteiger partial charge on any atom is 0.0694 e. The molecule has 0 aliphatic heterocycles. The molecule has 2 aromatic carbocycles. The fourth-order valence-electron chi connectivity index (χ4n) is 1.88. The molecule has 0 spiro atoms. The molecule has 0 aromatic heterocycles. The average Bonchev–Trinajstić information content (AvgIpc) is 2.87. The molecule has 0 aliphatic carbocycles. The van der Waals surface area contributed by atoms with Crippen LogP contribution in [0.25, 0.3) is 12.2 Å². The summed E-state index contributed by atoms with van der Waals surface area (Å²) in [4.78, 5) is 7.74. The standard InChI is InChI=1S/C11H14N2.C9H9N.C3H9N.2CH4O/c1-9(8-12)7-10-5-3-4-6-11(10)13-2;1-3-8-6-4-5-7-9(8)10-2;1-2-3-4;2*1-2/h3-7H,2,8,12H2,1H3;3-7H,1-2H2;2-4H2,1H3;2*2H,1H3/b9-7+;;;;. The van der Waals surface area contributed by atoms with E-state index in [9.17, 15) is 0 Å². The molecule has 0 amide bonds. The summed E-state index contributed by atoms with van der Waals surface area (Å²) in [5.41, 5.74) is 15.5. The molecule has 0 radical (unpaired) electrons. The van der Waals surface area contributed by atoms with Crippen molar-refractivity contribution >= 4 is 37.0 Å². The average molecular weight is 429 g/mol. The third kappa shape index (κ3) is 16.6. The van der Waals surface area contributed by atoms with Crippen LogP contribution in [-0.4, -0.2) is 51.0 Å². The molecule has 31 heavy (non-hydrogen) atoms. The summed E-state index contributed by atoms with van der Waals surface area (Å²) in [6.07, 6.45) is 4.90. The van der Waals surface area contributed by atoms with Gasteiger partial charge in [-0.25, -0.2) is 0 Å². The van der Waals surface area contributed by atoms with Crippen molar-refractivity contribution in [3.63, 3.8) is 0 Å². The third-order valence-corrected chi connectivity index (χ3v) is 3.45. The summed E-state index contributed by atoms with van der Waals surface area (Å²) in [7, 11) is 2.00. The van der Waals surface area contributed by atoms with Gasteiger partial charge in [0.25, 0.3) is 0 Å². The van der Waals surface area contributed by atoms with Crippen LogP contribution < -0.4 is 11.5 Å². The first-order chi connectivity index (χ1) is 15.1. The molecule has 0 saturated carbocycles. The smallest absolute Gasteiger partial charge is 0.0694 e. The number of hydrogen-bond donors (Lipinski definition) is 4. The molecule has 0 saturated heterocycles. The Morgan fingerprint density at radius 2 is 1.26 bits per heavy atom. The van der Waals surface area contributed by atoms with Crippen molar-refractivity contribution in [3.05, 3.63) is 71.8 Å². The Kier molecular flexibility index (Phi) is 26.6. The van der Waals surface area contributed by atoms with E-state index in [2.05, 4.69) is 36.9 Å². The second-order valence-corrected chi connectivity index (χ2v) is 5.62. The fraction of sp³-hybridized carbons (Fsp3) is 0.280. The minimum Gasteiger partial charge on any atom is -0.400 e. The van der Waals surface area contributed by atoms with Gasteiger partial charge in [0.05, 0.1) is 11.4 Å². The van der Waals surface area contributed by atoms with Gasteiger partial charge >= 0.3 is 0 Å². The van der Waals surface area contributed by atoms with Gasteiger partial charge in [-0.1, -0.05) is 67.6 Å². The predicted octanol–water partition coefficient (Wildman–Crippen LogP) is 4.61. The topological polar surface area (TPSA) is 117 Å². The van der Waals surface area contributed by atoms with Gasteiger partial charge in [0.2, 0.25) is 0 Å². The van der Waals surface area contributed by atoms with Gasteiger partial charge in [-0.05, 0) is 51.0 Å². The van der Waals surface area contributed by atoms with Crippen LogP contribution in [0, 0.1) is 0 Å². The molecule has 6 N–H and O–H groups in total. The number of aliphatic hydroxyl groups excluding tert-OH is 2. The molecule has 0 aliphatic rings. The van der Waals surface area contributed by atoms with Crippen LogP contribution in [0.2, 0.25) is 0 Å². The molecule has 2 aromatic rings. The van der Waals surface area contributed by atoms with Crippen molar-refractivity contribution in [2.45, 2.75) is 20.3 Å². The van der Waals surface area contributed by atoms with Gasteiger partial charge < -0.3 is 21.7 Å². The van der Waals surface area contributed by atoms with Crippen LogP contribution in [0.3, 0.4) is 0 Å². The molecule has 0 unspecified atom stereocenters. The van der Waals surface area contributed by atoms with Gasteiger partial charge in [-0.2, -0.15) is 0 Å². The molecule has 172 valence electrons. The second-order valence-electron chi connectivity index (χ2n) is 5.62. The number of hydrogen-bond acceptors (Lipinski definition) is 6. The van der Waals surface area contributed by atoms with Crippen LogP contribution in [-0.2, 0) is 0 Å². The normalized spacial score (nSPS) is 8.97. The van der Waals surface area contributed by atoms with E-state index in [1.165, 1.54) is 0 Å². The molecular formula is C25H40N4O2. The largest absolute Gasteiger partial charge is 0.400 e. The Morgan fingerprint density at radius 3 is 1.58 bits per heavy atom. The third-order valence-electron chi connectivity index (χ3n) is 3.45. The van der Waals surface area contributed by atoms with E-state index in [1.54, 1.807) is 6.08 Å². The zero-order chi connectivity index (χ0) is 24.5. The number of nitrogens with two attached hydrogens (primary N) is 2. The van der Waals surface area contributed by atoms with E-state index in [-0.39, 0.29) is 0 Å². The fourth-order valence-corrected chi connectivity index (χ4v) is 1.88. The van der Waals surface area contributed by atoms with Gasteiger partial charge in [0.1, 0.15) is 0 Å². The summed E-state index contributed by atoms with van der Waals surface area (Å²) in [6.45, 7) is 16.1. The first kappa shape index (κ1) is 32.8. The SMILES string of the molecule is C=Cc1ccccc1N=C.C=Nc1ccccc1/C=C(\C)CN.CCCN.CO.CO. The maximum absolute atomic E-state index is 7.00. The van der Waals surface area contributed by atoms with Gasteiger partial charge in [0.15, 0.2) is 0 Å². The Hall–Kier alpha value is -2.90. The van der Waals surface area contributed by atoms with Gasteiger partial charge in [0, 0.05) is 26.3 Å². The van der Waals surface area contributed by atoms with E-state index in [0.717, 1.165) is 55.3 Å². The quantitative estimate of drug-likeness (QED) is 0.502. The Labute approximate surface area is 188 Å². The highest BCUT2D eigenvalue weighted by molar-refractivity contribution is 5.67. The van der Waals surface area contributed by atoms with Gasteiger partial charge in [-0.15, -0.1) is 0 Å². The highest BCUT2D eigenvalue weighted by atomic mass is 16.2. The summed E-state index contributed by atoms with van der Waals surface area (Å²) in [6, 6.07) is 15.6. The number of nitrogens with zero attached hydrogens (tertiary/aromatic N) is 2. The van der Waals surface area contributed by atoms with E-state index in [1.807, 2.05) is 61.5 Å². The number of rotatable bonds is 6. The Morgan fingerprint density at radius 1 is 0.871 bits per heavy atom. The van der Waals surface area contributed by atoms with E-state index >= 15 is 0 Å². The van der Waals surface area contributed by atoms with Crippen molar-refractivity contribution < 1.29 is 10.2 Å². The lowest BCUT2D eigenvalue weighted by atomic mass is 10.1. The van der Waals surface area contributed by atoms with Crippen molar-refractivity contribution in [3.8, 4) is 0 Å². The minimum atomic E-state index is 0.575.